The largest absolute Gasteiger partial charge is 0.481 e. The highest BCUT2D eigenvalue weighted by atomic mass is 35.5. The lowest BCUT2D eigenvalue weighted by Gasteiger charge is -2.30. The lowest BCUT2D eigenvalue weighted by Crippen LogP contribution is -2.38. The molecule has 0 aromatic heterocycles. The highest BCUT2D eigenvalue weighted by molar-refractivity contribution is 6.20. The standard InChI is InChI=1S/C9H16ClNO2/c1-7(10)6-11-4-2-8(3-5-11)9(12)13/h7-8H,2-6H2,1H3,(H,12,13). The lowest BCUT2D eigenvalue weighted by molar-refractivity contribution is -0.143. The zero-order valence-corrected chi connectivity index (χ0v) is 8.63. The van der Waals surface area contributed by atoms with Gasteiger partial charge in [-0.1, -0.05) is 0 Å². The Bertz CT molecular complexity index is 176. The molecule has 1 atom stereocenters. The Hall–Kier alpha value is -0.280. The van der Waals surface area contributed by atoms with Gasteiger partial charge in [-0.05, 0) is 32.9 Å². The molecule has 0 aromatic rings. The van der Waals surface area contributed by atoms with Crippen molar-refractivity contribution in [3.05, 3.63) is 0 Å². The first kappa shape index (κ1) is 10.8. The molecule has 1 aliphatic rings. The van der Waals surface area contributed by atoms with Gasteiger partial charge in [0.1, 0.15) is 0 Å². The van der Waals surface area contributed by atoms with Crippen molar-refractivity contribution in [2.75, 3.05) is 19.6 Å². The van der Waals surface area contributed by atoms with Gasteiger partial charge in [-0.15, -0.1) is 11.6 Å². The summed E-state index contributed by atoms with van der Waals surface area (Å²) in [6, 6.07) is 0. The van der Waals surface area contributed by atoms with E-state index < -0.39 is 5.97 Å². The van der Waals surface area contributed by atoms with Gasteiger partial charge in [0.2, 0.25) is 0 Å². The Morgan fingerprint density at radius 1 is 1.62 bits per heavy atom. The average molecular weight is 206 g/mol. The summed E-state index contributed by atoms with van der Waals surface area (Å²) in [6.07, 6.45) is 1.53. The zero-order valence-electron chi connectivity index (χ0n) is 7.87. The molecule has 0 amide bonds. The van der Waals surface area contributed by atoms with E-state index in [-0.39, 0.29) is 11.3 Å². The van der Waals surface area contributed by atoms with E-state index in [0.717, 1.165) is 32.5 Å². The number of piperidine rings is 1. The number of alkyl halides is 1. The summed E-state index contributed by atoms with van der Waals surface area (Å²) >= 11 is 5.85. The maximum Gasteiger partial charge on any atom is 0.306 e. The van der Waals surface area contributed by atoms with Crippen molar-refractivity contribution in [2.45, 2.75) is 25.1 Å². The number of carboxylic acids is 1. The van der Waals surface area contributed by atoms with Crippen LogP contribution in [0.5, 0.6) is 0 Å². The van der Waals surface area contributed by atoms with Gasteiger partial charge in [-0.3, -0.25) is 4.79 Å². The third-order valence-electron chi connectivity index (χ3n) is 2.45. The molecule has 1 rings (SSSR count). The van der Waals surface area contributed by atoms with Crippen LogP contribution < -0.4 is 0 Å². The molecule has 0 spiro atoms. The highest BCUT2D eigenvalue weighted by Gasteiger charge is 2.24. The minimum Gasteiger partial charge on any atom is -0.481 e. The topological polar surface area (TPSA) is 40.5 Å². The molecule has 1 heterocycles. The number of carboxylic acid groups (broad SMARTS) is 1. The lowest BCUT2D eigenvalue weighted by atomic mass is 9.97. The molecule has 1 saturated heterocycles. The van der Waals surface area contributed by atoms with Gasteiger partial charge >= 0.3 is 5.97 Å². The van der Waals surface area contributed by atoms with Crippen LogP contribution in [0.15, 0.2) is 0 Å². The Morgan fingerprint density at radius 2 is 2.15 bits per heavy atom. The van der Waals surface area contributed by atoms with Gasteiger partial charge in [0, 0.05) is 11.9 Å². The first-order valence-electron chi connectivity index (χ1n) is 4.69. The maximum atomic E-state index is 10.6. The Morgan fingerprint density at radius 3 is 2.54 bits per heavy atom. The summed E-state index contributed by atoms with van der Waals surface area (Å²) < 4.78 is 0. The molecule has 1 aliphatic heterocycles. The number of hydrogen-bond acceptors (Lipinski definition) is 2. The second-order valence-electron chi connectivity index (χ2n) is 3.69. The summed E-state index contributed by atoms with van der Waals surface area (Å²) in [5, 5.41) is 8.92. The summed E-state index contributed by atoms with van der Waals surface area (Å²) in [5.74, 6) is -0.791. The van der Waals surface area contributed by atoms with E-state index in [9.17, 15) is 4.79 Å². The second kappa shape index (κ2) is 4.82. The van der Waals surface area contributed by atoms with Crippen molar-refractivity contribution in [2.24, 2.45) is 5.92 Å². The number of aliphatic carboxylic acids is 1. The van der Waals surface area contributed by atoms with Crippen LogP contribution in [0.3, 0.4) is 0 Å². The van der Waals surface area contributed by atoms with Crippen LogP contribution in [0, 0.1) is 5.92 Å². The molecule has 0 aromatic carbocycles. The van der Waals surface area contributed by atoms with Crippen molar-refractivity contribution in [1.29, 1.82) is 0 Å². The first-order chi connectivity index (χ1) is 6.09. The van der Waals surface area contributed by atoms with Gasteiger partial charge in [0.25, 0.3) is 0 Å². The Labute approximate surface area is 83.7 Å². The molecule has 13 heavy (non-hydrogen) atoms. The number of hydrogen-bond donors (Lipinski definition) is 1. The van der Waals surface area contributed by atoms with Crippen molar-refractivity contribution >= 4 is 17.6 Å². The van der Waals surface area contributed by atoms with Crippen LogP contribution in [-0.4, -0.2) is 41.0 Å². The normalized spacial score (nSPS) is 22.9. The van der Waals surface area contributed by atoms with Crippen molar-refractivity contribution in [3.63, 3.8) is 0 Å². The molecule has 1 N–H and O–H groups in total. The summed E-state index contributed by atoms with van der Waals surface area (Å²) in [6.45, 7) is 4.57. The van der Waals surface area contributed by atoms with E-state index >= 15 is 0 Å². The van der Waals surface area contributed by atoms with E-state index in [4.69, 9.17) is 16.7 Å². The summed E-state index contributed by atoms with van der Waals surface area (Å²) in [7, 11) is 0. The van der Waals surface area contributed by atoms with Crippen LogP contribution in [0.1, 0.15) is 19.8 Å². The fourth-order valence-electron chi connectivity index (χ4n) is 1.72. The molecule has 3 nitrogen and oxygen atoms in total. The quantitative estimate of drug-likeness (QED) is 0.709. The van der Waals surface area contributed by atoms with Crippen molar-refractivity contribution < 1.29 is 9.90 Å². The zero-order chi connectivity index (χ0) is 9.84. The monoisotopic (exact) mass is 205 g/mol. The predicted octanol–water partition coefficient (Wildman–Crippen LogP) is 1.41. The van der Waals surface area contributed by atoms with Crippen molar-refractivity contribution in [3.8, 4) is 0 Å². The molecular weight excluding hydrogens is 190 g/mol. The van der Waals surface area contributed by atoms with Gasteiger partial charge in [-0.25, -0.2) is 0 Å². The van der Waals surface area contributed by atoms with Crippen LogP contribution >= 0.6 is 11.6 Å². The second-order valence-corrected chi connectivity index (χ2v) is 4.44. The van der Waals surface area contributed by atoms with Crippen LogP contribution in [0.25, 0.3) is 0 Å². The molecule has 0 radical (unpaired) electrons. The molecule has 0 bridgehead atoms. The van der Waals surface area contributed by atoms with Crippen LogP contribution in [0.4, 0.5) is 0 Å². The van der Waals surface area contributed by atoms with Crippen molar-refractivity contribution in [1.82, 2.24) is 4.90 Å². The molecule has 0 aliphatic carbocycles. The molecule has 4 heteroatoms. The highest BCUT2D eigenvalue weighted by Crippen LogP contribution is 2.17. The van der Waals surface area contributed by atoms with Gasteiger partial charge in [0.05, 0.1) is 5.92 Å². The van der Waals surface area contributed by atoms with E-state index in [1.165, 1.54) is 0 Å². The first-order valence-corrected chi connectivity index (χ1v) is 5.12. The molecule has 0 saturated carbocycles. The third kappa shape index (κ3) is 3.53. The van der Waals surface area contributed by atoms with Crippen LogP contribution in [-0.2, 0) is 4.79 Å². The molecular formula is C9H16ClNO2. The van der Waals surface area contributed by atoms with E-state index in [0.29, 0.717) is 0 Å². The number of likely N-dealkylation sites (tertiary alicyclic amines) is 1. The Kier molecular flexibility index (Phi) is 4.00. The smallest absolute Gasteiger partial charge is 0.306 e. The Balaban J connectivity index is 2.26. The summed E-state index contributed by atoms with van der Waals surface area (Å²) in [5.41, 5.74) is 0. The maximum absolute atomic E-state index is 10.6. The van der Waals surface area contributed by atoms with E-state index in [1.807, 2.05) is 6.92 Å². The minimum absolute atomic E-state index is 0.137. The predicted molar refractivity (Wildman–Crippen MR) is 52.1 cm³/mol. The fraction of sp³-hybridized carbons (Fsp3) is 0.889. The number of halogens is 1. The molecule has 76 valence electrons. The molecule has 1 unspecified atom stereocenters. The van der Waals surface area contributed by atoms with Crippen LogP contribution in [0.2, 0.25) is 0 Å². The average Bonchev–Trinajstić information content (AvgIpc) is 2.04. The SMILES string of the molecule is CC(Cl)CN1CCC(C(=O)O)CC1. The number of carbonyl (C=O) groups is 1. The number of nitrogens with zero attached hydrogens (tertiary/aromatic N) is 1. The number of rotatable bonds is 3. The van der Waals surface area contributed by atoms with E-state index in [1.54, 1.807) is 0 Å². The van der Waals surface area contributed by atoms with Gasteiger partial charge in [0.15, 0.2) is 0 Å². The molecule has 1 fully saturated rings. The van der Waals surface area contributed by atoms with Gasteiger partial charge in [-0.2, -0.15) is 0 Å². The van der Waals surface area contributed by atoms with E-state index in [2.05, 4.69) is 4.90 Å². The van der Waals surface area contributed by atoms with Gasteiger partial charge < -0.3 is 10.0 Å². The third-order valence-corrected chi connectivity index (χ3v) is 2.58. The fourth-order valence-corrected chi connectivity index (χ4v) is 1.91. The minimum atomic E-state index is -0.654. The summed E-state index contributed by atoms with van der Waals surface area (Å²) in [4.78, 5) is 12.9.